The summed E-state index contributed by atoms with van der Waals surface area (Å²) >= 11 is 0. The van der Waals surface area contributed by atoms with Gasteiger partial charge in [-0.2, -0.15) is 0 Å². The molecular weight excluding hydrogens is 280 g/mol. The van der Waals surface area contributed by atoms with Gasteiger partial charge in [0.2, 0.25) is 0 Å². The Kier molecular flexibility index (Phi) is 3.60. The molecule has 0 N–H and O–H groups in total. The van der Waals surface area contributed by atoms with E-state index in [4.69, 9.17) is 0 Å². The van der Waals surface area contributed by atoms with E-state index in [1.165, 1.54) is 50.5 Å². The van der Waals surface area contributed by atoms with E-state index in [0.29, 0.717) is 22.5 Å². The third kappa shape index (κ3) is 2.14. The lowest BCUT2D eigenvalue weighted by Crippen LogP contribution is -2.53. The molecular formula is C22H34O. The molecule has 1 nitrogen and oxygen atoms in total. The lowest BCUT2D eigenvalue weighted by molar-refractivity contribution is -0.139. The van der Waals surface area contributed by atoms with Crippen molar-refractivity contribution in [1.29, 1.82) is 0 Å². The number of fused-ring (bicyclic) bond motifs is 5. The van der Waals surface area contributed by atoms with Crippen LogP contribution in [0.1, 0.15) is 78.6 Å². The zero-order chi connectivity index (χ0) is 16.4. The summed E-state index contributed by atoms with van der Waals surface area (Å²) in [5.74, 6) is 4.71. The molecule has 0 aliphatic heterocycles. The first-order valence-corrected chi connectivity index (χ1v) is 10.0. The van der Waals surface area contributed by atoms with Gasteiger partial charge in [-0.25, -0.2) is 0 Å². The van der Waals surface area contributed by atoms with Crippen LogP contribution in [-0.2, 0) is 4.79 Å². The standard InChI is InChI=1S/C22H34O/c1-14(2)18-7-8-19-17-6-5-15-13-16(23)9-11-21(15,3)20(17)10-12-22(18,19)4/h15,17-20H,1,5-13H2,2-4H3/t15?,17-,18+,19?,20?,21-,22+/m0/s1. The van der Waals surface area contributed by atoms with Crippen molar-refractivity contribution in [3.05, 3.63) is 12.2 Å². The van der Waals surface area contributed by atoms with Crippen molar-refractivity contribution in [2.75, 3.05) is 0 Å². The van der Waals surface area contributed by atoms with Gasteiger partial charge < -0.3 is 0 Å². The van der Waals surface area contributed by atoms with Crippen LogP contribution in [0.2, 0.25) is 0 Å². The molecule has 0 heterocycles. The summed E-state index contributed by atoms with van der Waals surface area (Å²) < 4.78 is 0. The van der Waals surface area contributed by atoms with Gasteiger partial charge in [-0.1, -0.05) is 26.0 Å². The van der Waals surface area contributed by atoms with Gasteiger partial charge in [-0.3, -0.25) is 4.79 Å². The van der Waals surface area contributed by atoms with Crippen molar-refractivity contribution in [3.8, 4) is 0 Å². The zero-order valence-electron chi connectivity index (χ0n) is 15.4. The van der Waals surface area contributed by atoms with Gasteiger partial charge in [0, 0.05) is 12.8 Å². The second kappa shape index (κ2) is 5.20. The number of hydrogen-bond acceptors (Lipinski definition) is 1. The third-order valence-electron chi connectivity index (χ3n) is 9.08. The molecule has 4 aliphatic rings. The number of hydrogen-bond donors (Lipinski definition) is 0. The molecule has 0 bridgehead atoms. The lowest BCUT2D eigenvalue weighted by Gasteiger charge is -2.60. The molecule has 7 atom stereocenters. The molecule has 23 heavy (non-hydrogen) atoms. The van der Waals surface area contributed by atoms with Gasteiger partial charge in [0.25, 0.3) is 0 Å². The summed E-state index contributed by atoms with van der Waals surface area (Å²) in [6.45, 7) is 11.7. The maximum atomic E-state index is 12.0. The van der Waals surface area contributed by atoms with E-state index in [-0.39, 0.29) is 0 Å². The largest absolute Gasteiger partial charge is 0.300 e. The first-order chi connectivity index (χ1) is 10.9. The van der Waals surface area contributed by atoms with Crippen LogP contribution >= 0.6 is 0 Å². The summed E-state index contributed by atoms with van der Waals surface area (Å²) in [6.07, 6.45) is 11.2. The van der Waals surface area contributed by atoms with Gasteiger partial charge >= 0.3 is 0 Å². The summed E-state index contributed by atoms with van der Waals surface area (Å²) in [5.41, 5.74) is 2.40. The second-order valence-electron chi connectivity index (χ2n) is 9.92. The van der Waals surface area contributed by atoms with Crippen molar-refractivity contribution in [2.24, 2.45) is 40.4 Å². The van der Waals surface area contributed by atoms with Crippen LogP contribution < -0.4 is 0 Å². The molecule has 1 heteroatoms. The molecule has 4 aliphatic carbocycles. The summed E-state index contributed by atoms with van der Waals surface area (Å²) in [7, 11) is 0. The maximum Gasteiger partial charge on any atom is 0.133 e. The zero-order valence-corrected chi connectivity index (χ0v) is 15.4. The minimum Gasteiger partial charge on any atom is -0.300 e. The van der Waals surface area contributed by atoms with Crippen LogP contribution in [0.3, 0.4) is 0 Å². The monoisotopic (exact) mass is 314 g/mol. The summed E-state index contributed by atoms with van der Waals surface area (Å²) in [5, 5.41) is 0. The molecule has 4 saturated carbocycles. The van der Waals surface area contributed by atoms with Crippen LogP contribution in [-0.4, -0.2) is 5.78 Å². The van der Waals surface area contributed by atoms with E-state index in [2.05, 4.69) is 27.4 Å². The van der Waals surface area contributed by atoms with Gasteiger partial charge in [0.05, 0.1) is 0 Å². The molecule has 0 radical (unpaired) electrons. The Morgan fingerprint density at radius 2 is 1.74 bits per heavy atom. The van der Waals surface area contributed by atoms with Gasteiger partial charge in [-0.05, 0) is 92.3 Å². The topological polar surface area (TPSA) is 17.1 Å². The van der Waals surface area contributed by atoms with E-state index < -0.39 is 0 Å². The molecule has 0 amide bonds. The number of Topliss-reactive ketones (excluding diaryl/α,β-unsaturated/α-hetero) is 1. The summed E-state index contributed by atoms with van der Waals surface area (Å²) in [4.78, 5) is 12.0. The fourth-order valence-electron chi connectivity index (χ4n) is 7.85. The molecule has 0 aromatic rings. The fourth-order valence-corrected chi connectivity index (χ4v) is 7.85. The molecule has 4 fully saturated rings. The van der Waals surface area contributed by atoms with Crippen molar-refractivity contribution >= 4 is 5.78 Å². The maximum absolute atomic E-state index is 12.0. The highest BCUT2D eigenvalue weighted by atomic mass is 16.1. The fraction of sp³-hybridized carbons (Fsp3) is 0.864. The molecule has 0 spiro atoms. The van der Waals surface area contributed by atoms with Crippen molar-refractivity contribution < 1.29 is 4.79 Å². The van der Waals surface area contributed by atoms with Crippen LogP contribution in [0.5, 0.6) is 0 Å². The SMILES string of the molecule is C=C(C)[C@H]1CCC2[C@@H]3CCC4CC(=O)CC[C@]4(C)C3CC[C@@]21C. The molecule has 4 rings (SSSR count). The normalized spacial score (nSPS) is 52.5. The van der Waals surface area contributed by atoms with Crippen LogP contribution in [0, 0.1) is 40.4 Å². The minimum atomic E-state index is 0.458. The predicted octanol–water partition coefficient (Wildman–Crippen LogP) is 5.79. The summed E-state index contributed by atoms with van der Waals surface area (Å²) in [6, 6.07) is 0. The Morgan fingerprint density at radius 3 is 2.48 bits per heavy atom. The average Bonchev–Trinajstić information content (AvgIpc) is 2.85. The number of allylic oxidation sites excluding steroid dienone is 1. The predicted molar refractivity (Wildman–Crippen MR) is 95.0 cm³/mol. The average molecular weight is 315 g/mol. The lowest BCUT2D eigenvalue weighted by atomic mass is 9.44. The molecule has 0 aromatic heterocycles. The first kappa shape index (κ1) is 15.9. The van der Waals surface area contributed by atoms with E-state index in [1.807, 2.05) is 0 Å². The van der Waals surface area contributed by atoms with E-state index in [9.17, 15) is 4.79 Å². The van der Waals surface area contributed by atoms with E-state index in [0.717, 1.165) is 36.5 Å². The molecule has 128 valence electrons. The molecule has 3 unspecified atom stereocenters. The quantitative estimate of drug-likeness (QED) is 0.560. The Morgan fingerprint density at radius 1 is 1.00 bits per heavy atom. The number of carbonyl (C=O) groups is 1. The number of rotatable bonds is 1. The van der Waals surface area contributed by atoms with Crippen LogP contribution in [0.15, 0.2) is 12.2 Å². The van der Waals surface area contributed by atoms with Gasteiger partial charge in [0.1, 0.15) is 5.78 Å². The Hall–Kier alpha value is -0.590. The smallest absolute Gasteiger partial charge is 0.133 e. The number of carbonyl (C=O) groups excluding carboxylic acids is 1. The van der Waals surface area contributed by atoms with Crippen molar-refractivity contribution in [1.82, 2.24) is 0 Å². The van der Waals surface area contributed by atoms with Crippen molar-refractivity contribution in [2.45, 2.75) is 78.6 Å². The second-order valence-corrected chi connectivity index (χ2v) is 9.92. The molecule has 0 aromatic carbocycles. The Bertz CT molecular complexity index is 534. The van der Waals surface area contributed by atoms with Gasteiger partial charge in [0.15, 0.2) is 0 Å². The highest BCUT2D eigenvalue weighted by Crippen LogP contribution is 2.67. The third-order valence-corrected chi connectivity index (χ3v) is 9.08. The van der Waals surface area contributed by atoms with E-state index >= 15 is 0 Å². The Labute approximate surface area is 142 Å². The highest BCUT2D eigenvalue weighted by Gasteiger charge is 2.60. The van der Waals surface area contributed by atoms with Crippen LogP contribution in [0.25, 0.3) is 0 Å². The number of ketones is 1. The van der Waals surface area contributed by atoms with E-state index in [1.54, 1.807) is 0 Å². The van der Waals surface area contributed by atoms with Crippen molar-refractivity contribution in [3.63, 3.8) is 0 Å². The van der Waals surface area contributed by atoms with Gasteiger partial charge in [-0.15, -0.1) is 0 Å². The molecule has 0 saturated heterocycles. The highest BCUT2D eigenvalue weighted by molar-refractivity contribution is 5.79. The first-order valence-electron chi connectivity index (χ1n) is 10.0. The minimum absolute atomic E-state index is 0.458. The Balaban J connectivity index is 1.63. The van der Waals surface area contributed by atoms with Crippen LogP contribution in [0.4, 0.5) is 0 Å².